The van der Waals surface area contributed by atoms with E-state index in [0.717, 1.165) is 29.2 Å². The number of hydrogen-bond acceptors (Lipinski definition) is 1. The summed E-state index contributed by atoms with van der Waals surface area (Å²) < 4.78 is 28.2. The van der Waals surface area contributed by atoms with Crippen LogP contribution in [0.15, 0.2) is 46.9 Å². The molecule has 0 aromatic heterocycles. The molecule has 3 rings (SSSR count). The van der Waals surface area contributed by atoms with E-state index < -0.39 is 5.82 Å². The second-order valence-electron chi connectivity index (χ2n) is 5.28. The lowest BCUT2D eigenvalue weighted by Gasteiger charge is -2.44. The van der Waals surface area contributed by atoms with Gasteiger partial charge in [0.15, 0.2) is 0 Å². The minimum Gasteiger partial charge on any atom is -0.315 e. The molecule has 0 radical (unpaired) electrons. The fourth-order valence-corrected chi connectivity index (χ4v) is 3.48. The minimum absolute atomic E-state index is 0.172. The Labute approximate surface area is 125 Å². The van der Waals surface area contributed by atoms with E-state index in [-0.39, 0.29) is 11.2 Å². The first-order chi connectivity index (χ1) is 9.61. The Balaban J connectivity index is 1.98. The van der Waals surface area contributed by atoms with Crippen molar-refractivity contribution in [2.75, 3.05) is 13.1 Å². The third-order valence-corrected chi connectivity index (χ3v) is 4.60. The van der Waals surface area contributed by atoms with Crippen molar-refractivity contribution in [2.24, 2.45) is 0 Å². The molecule has 0 atom stereocenters. The van der Waals surface area contributed by atoms with Crippen LogP contribution in [0.3, 0.4) is 0 Å². The fraction of sp³-hybridized carbons (Fsp3) is 0.250. The number of hydrogen-bond donors (Lipinski definition) is 1. The van der Waals surface area contributed by atoms with Crippen molar-refractivity contribution < 1.29 is 8.78 Å². The standard InChI is InChI=1S/C16H14BrF2N/c17-14-4-2-1-3-13(14)16(9-20-10-16)8-11-7-12(18)5-6-15(11)19/h1-7,20H,8-10H2. The van der Waals surface area contributed by atoms with Crippen LogP contribution in [0.2, 0.25) is 0 Å². The second kappa shape index (κ2) is 5.26. The summed E-state index contributed by atoms with van der Waals surface area (Å²) in [4.78, 5) is 0. The first-order valence-electron chi connectivity index (χ1n) is 6.50. The summed E-state index contributed by atoms with van der Waals surface area (Å²) in [7, 11) is 0. The Morgan fingerprint density at radius 1 is 1.10 bits per heavy atom. The lowest BCUT2D eigenvalue weighted by Crippen LogP contribution is -2.58. The van der Waals surface area contributed by atoms with Crippen molar-refractivity contribution in [3.05, 3.63) is 69.7 Å². The molecule has 0 saturated carbocycles. The molecule has 20 heavy (non-hydrogen) atoms. The van der Waals surface area contributed by atoms with E-state index in [4.69, 9.17) is 0 Å². The summed E-state index contributed by atoms with van der Waals surface area (Å²) in [6, 6.07) is 11.6. The zero-order chi connectivity index (χ0) is 14.2. The molecule has 1 aliphatic rings. The van der Waals surface area contributed by atoms with Crippen molar-refractivity contribution in [1.29, 1.82) is 0 Å². The molecular weight excluding hydrogens is 324 g/mol. The Morgan fingerprint density at radius 2 is 1.85 bits per heavy atom. The molecule has 0 spiro atoms. The quantitative estimate of drug-likeness (QED) is 0.897. The highest BCUT2D eigenvalue weighted by Gasteiger charge is 2.40. The van der Waals surface area contributed by atoms with Gasteiger partial charge in [0.25, 0.3) is 0 Å². The van der Waals surface area contributed by atoms with Crippen LogP contribution in [0.5, 0.6) is 0 Å². The SMILES string of the molecule is Fc1ccc(F)c(CC2(c3ccccc3Br)CNC2)c1. The predicted molar refractivity (Wildman–Crippen MR) is 78.8 cm³/mol. The molecule has 1 nitrogen and oxygen atoms in total. The van der Waals surface area contributed by atoms with E-state index in [9.17, 15) is 8.78 Å². The third-order valence-electron chi connectivity index (χ3n) is 3.91. The highest BCUT2D eigenvalue weighted by atomic mass is 79.9. The number of halogens is 3. The van der Waals surface area contributed by atoms with Crippen LogP contribution < -0.4 is 5.32 Å². The highest BCUT2D eigenvalue weighted by molar-refractivity contribution is 9.10. The molecule has 104 valence electrons. The van der Waals surface area contributed by atoms with Crippen LogP contribution in [0.4, 0.5) is 8.78 Å². The van der Waals surface area contributed by atoms with E-state index in [2.05, 4.69) is 21.2 Å². The van der Waals surface area contributed by atoms with Gasteiger partial charge in [-0.1, -0.05) is 34.1 Å². The van der Waals surface area contributed by atoms with E-state index in [0.29, 0.717) is 12.0 Å². The largest absolute Gasteiger partial charge is 0.315 e. The predicted octanol–water partition coefficient (Wildman–Crippen LogP) is 3.81. The van der Waals surface area contributed by atoms with Gasteiger partial charge in [0.2, 0.25) is 0 Å². The highest BCUT2D eigenvalue weighted by Crippen LogP contribution is 2.37. The molecule has 0 unspecified atom stereocenters. The molecule has 1 saturated heterocycles. The van der Waals surface area contributed by atoms with Crippen LogP contribution in [-0.4, -0.2) is 13.1 Å². The van der Waals surface area contributed by atoms with E-state index >= 15 is 0 Å². The topological polar surface area (TPSA) is 12.0 Å². The molecule has 1 heterocycles. The Hall–Kier alpha value is -1.26. The molecule has 4 heteroatoms. The molecule has 0 amide bonds. The summed E-state index contributed by atoms with van der Waals surface area (Å²) in [6.45, 7) is 1.54. The van der Waals surface area contributed by atoms with Gasteiger partial charge in [0, 0.05) is 23.0 Å². The smallest absolute Gasteiger partial charge is 0.126 e. The lowest BCUT2D eigenvalue weighted by molar-refractivity contribution is 0.270. The van der Waals surface area contributed by atoms with Crippen molar-refractivity contribution in [3.63, 3.8) is 0 Å². The average Bonchev–Trinajstić information content (AvgIpc) is 2.39. The van der Waals surface area contributed by atoms with Crippen LogP contribution >= 0.6 is 15.9 Å². The van der Waals surface area contributed by atoms with Crippen LogP contribution in [0, 0.1) is 11.6 Å². The second-order valence-corrected chi connectivity index (χ2v) is 6.13. The molecular formula is C16H14BrF2N. The minimum atomic E-state index is -0.393. The van der Waals surface area contributed by atoms with Crippen LogP contribution in [0.1, 0.15) is 11.1 Å². The fourth-order valence-electron chi connectivity index (χ4n) is 2.77. The van der Waals surface area contributed by atoms with Crippen LogP contribution in [0.25, 0.3) is 0 Å². The van der Waals surface area contributed by atoms with Gasteiger partial charge in [-0.15, -0.1) is 0 Å². The van der Waals surface area contributed by atoms with E-state index in [1.807, 2.05) is 24.3 Å². The monoisotopic (exact) mass is 337 g/mol. The maximum absolute atomic E-state index is 13.9. The molecule has 2 aromatic rings. The van der Waals surface area contributed by atoms with Crippen molar-refractivity contribution in [3.8, 4) is 0 Å². The third kappa shape index (κ3) is 2.38. The zero-order valence-corrected chi connectivity index (χ0v) is 12.4. The number of nitrogens with one attached hydrogen (secondary N) is 1. The summed E-state index contributed by atoms with van der Waals surface area (Å²) >= 11 is 3.56. The molecule has 0 aliphatic carbocycles. The average molecular weight is 338 g/mol. The van der Waals surface area contributed by atoms with E-state index in [1.54, 1.807) is 0 Å². The molecule has 2 aromatic carbocycles. The molecule has 1 fully saturated rings. The number of benzene rings is 2. The Morgan fingerprint density at radius 3 is 2.50 bits per heavy atom. The van der Waals surface area contributed by atoms with Gasteiger partial charge in [0.1, 0.15) is 11.6 Å². The van der Waals surface area contributed by atoms with Gasteiger partial charge in [-0.2, -0.15) is 0 Å². The maximum Gasteiger partial charge on any atom is 0.126 e. The maximum atomic E-state index is 13.9. The normalized spacial score (nSPS) is 16.8. The van der Waals surface area contributed by atoms with Crippen molar-refractivity contribution in [2.45, 2.75) is 11.8 Å². The van der Waals surface area contributed by atoms with Crippen molar-refractivity contribution in [1.82, 2.24) is 5.32 Å². The van der Waals surface area contributed by atoms with Gasteiger partial charge in [0.05, 0.1) is 0 Å². The summed E-state index contributed by atoms with van der Waals surface area (Å²) in [5.41, 5.74) is 1.40. The van der Waals surface area contributed by atoms with Crippen LogP contribution in [-0.2, 0) is 11.8 Å². The molecule has 0 bridgehead atoms. The zero-order valence-electron chi connectivity index (χ0n) is 10.8. The number of rotatable bonds is 3. The summed E-state index contributed by atoms with van der Waals surface area (Å²) in [6.07, 6.45) is 0.492. The summed E-state index contributed by atoms with van der Waals surface area (Å²) in [5.74, 6) is -0.735. The Kier molecular flexibility index (Phi) is 3.61. The van der Waals surface area contributed by atoms with Gasteiger partial charge in [-0.05, 0) is 41.8 Å². The Bertz CT molecular complexity index is 638. The molecule has 1 N–H and O–H groups in total. The van der Waals surface area contributed by atoms with Gasteiger partial charge in [-0.3, -0.25) is 0 Å². The van der Waals surface area contributed by atoms with E-state index in [1.165, 1.54) is 12.1 Å². The van der Waals surface area contributed by atoms with Crippen molar-refractivity contribution >= 4 is 15.9 Å². The first kappa shape index (κ1) is 13.7. The lowest BCUT2D eigenvalue weighted by atomic mass is 9.71. The van der Waals surface area contributed by atoms with Gasteiger partial charge >= 0.3 is 0 Å². The summed E-state index contributed by atoms with van der Waals surface area (Å²) in [5, 5.41) is 3.25. The van der Waals surface area contributed by atoms with Gasteiger partial charge in [-0.25, -0.2) is 8.78 Å². The van der Waals surface area contributed by atoms with Gasteiger partial charge < -0.3 is 5.32 Å². The molecule has 1 aliphatic heterocycles. The first-order valence-corrected chi connectivity index (χ1v) is 7.30.